The fourth-order valence-electron chi connectivity index (χ4n) is 3.68. The molecule has 0 unspecified atom stereocenters. The molecule has 0 amide bonds. The van der Waals surface area contributed by atoms with Crippen LogP contribution >= 0.6 is 23.4 Å². The molecule has 1 N–H and O–H groups in total. The first-order valence-corrected chi connectivity index (χ1v) is 11.0. The highest BCUT2D eigenvalue weighted by Crippen LogP contribution is 2.37. The number of hydrogen-bond donors (Lipinski definition) is 1. The molecule has 158 valence electrons. The van der Waals surface area contributed by atoms with Crippen molar-refractivity contribution in [3.8, 4) is 11.4 Å². The van der Waals surface area contributed by atoms with E-state index in [4.69, 9.17) is 16.0 Å². The molecule has 0 bridgehead atoms. The highest BCUT2D eigenvalue weighted by Gasteiger charge is 2.23. The smallest absolute Gasteiger partial charge is 0.354 e. The van der Waals surface area contributed by atoms with Crippen LogP contribution in [-0.2, 0) is 0 Å². The average Bonchev–Trinajstić information content (AvgIpc) is 2.78. The number of pyridine rings is 1. The average molecular weight is 462 g/mol. The Kier molecular flexibility index (Phi) is 5.04. The molecule has 2 aromatic heterocycles. The number of halogens is 1. The van der Waals surface area contributed by atoms with E-state index in [0.717, 1.165) is 17.3 Å². The van der Waals surface area contributed by atoms with Crippen LogP contribution in [0, 0.1) is 6.92 Å². The molecule has 5 aromatic rings. The van der Waals surface area contributed by atoms with Crippen LogP contribution in [0.1, 0.15) is 5.56 Å². The van der Waals surface area contributed by atoms with Gasteiger partial charge in [-0.15, -0.1) is 0 Å². The topological polar surface area (TPSA) is 72.4 Å². The van der Waals surface area contributed by atoms with Gasteiger partial charge in [-0.1, -0.05) is 47.6 Å². The maximum absolute atomic E-state index is 13.6. The van der Waals surface area contributed by atoms with Gasteiger partial charge in [0.1, 0.15) is 10.3 Å². The molecular weight excluding hydrogens is 446 g/mol. The Bertz CT molecular complexity index is 1610. The Balaban J connectivity index is 1.87. The molecule has 7 heteroatoms. The number of rotatable bonds is 3. The van der Waals surface area contributed by atoms with Crippen LogP contribution in [0.15, 0.2) is 96.6 Å². The maximum Gasteiger partial charge on any atom is 0.354 e. The van der Waals surface area contributed by atoms with Crippen molar-refractivity contribution in [1.29, 1.82) is 0 Å². The third-order valence-corrected chi connectivity index (χ3v) is 6.49. The normalized spacial score (nSPS) is 11.3. The van der Waals surface area contributed by atoms with Crippen LogP contribution in [0.5, 0.6) is 5.75 Å². The Morgan fingerprint density at radius 2 is 1.69 bits per heavy atom. The van der Waals surface area contributed by atoms with Crippen molar-refractivity contribution in [3.05, 3.63) is 104 Å². The SMILES string of the molecule is Cc1ccc2c3oc(=O)c(Sc4ccc(Cl)cc4)c(O)c3c(=O)n(-c3ccccc3)c2c1. The summed E-state index contributed by atoms with van der Waals surface area (Å²) in [5.41, 5.74) is 1.07. The second kappa shape index (κ2) is 7.89. The minimum absolute atomic E-state index is 0.0405. The zero-order valence-corrected chi connectivity index (χ0v) is 18.4. The summed E-state index contributed by atoms with van der Waals surface area (Å²) in [5, 5.41) is 12.2. The fourth-order valence-corrected chi connectivity index (χ4v) is 4.64. The van der Waals surface area contributed by atoms with E-state index in [-0.39, 0.29) is 15.9 Å². The quantitative estimate of drug-likeness (QED) is 0.338. The molecule has 5 nitrogen and oxygen atoms in total. The van der Waals surface area contributed by atoms with Gasteiger partial charge in [-0.25, -0.2) is 4.79 Å². The van der Waals surface area contributed by atoms with Crippen LogP contribution in [0.4, 0.5) is 0 Å². The van der Waals surface area contributed by atoms with Crippen molar-refractivity contribution in [2.24, 2.45) is 0 Å². The van der Waals surface area contributed by atoms with Gasteiger partial charge in [0.15, 0.2) is 11.3 Å². The number of benzene rings is 3. The summed E-state index contributed by atoms with van der Waals surface area (Å²) in [6, 6.07) is 21.5. The predicted octanol–water partition coefficient (Wildman–Crippen LogP) is 5.92. The van der Waals surface area contributed by atoms with E-state index in [1.54, 1.807) is 30.3 Å². The van der Waals surface area contributed by atoms with Crippen LogP contribution in [0.25, 0.3) is 27.6 Å². The molecule has 0 aliphatic carbocycles. The van der Waals surface area contributed by atoms with E-state index in [0.29, 0.717) is 26.5 Å². The molecule has 5 rings (SSSR count). The Hall–Kier alpha value is -3.48. The van der Waals surface area contributed by atoms with Gasteiger partial charge in [-0.05, 0) is 61.0 Å². The summed E-state index contributed by atoms with van der Waals surface area (Å²) >= 11 is 6.95. The lowest BCUT2D eigenvalue weighted by Crippen LogP contribution is -2.20. The molecule has 0 radical (unpaired) electrons. The van der Waals surface area contributed by atoms with Crippen molar-refractivity contribution in [2.45, 2.75) is 16.7 Å². The third kappa shape index (κ3) is 3.38. The van der Waals surface area contributed by atoms with Gasteiger partial charge in [-0.2, -0.15) is 0 Å². The largest absolute Gasteiger partial charge is 0.505 e. The maximum atomic E-state index is 13.6. The molecule has 3 aromatic carbocycles. The number of para-hydroxylation sites is 1. The molecule has 32 heavy (non-hydrogen) atoms. The number of nitrogens with zero attached hydrogens (tertiary/aromatic N) is 1. The summed E-state index contributed by atoms with van der Waals surface area (Å²) in [7, 11) is 0. The first kappa shape index (κ1) is 20.4. The minimum atomic E-state index is -0.714. The minimum Gasteiger partial charge on any atom is -0.505 e. The van der Waals surface area contributed by atoms with Crippen molar-refractivity contribution in [2.75, 3.05) is 0 Å². The zero-order chi connectivity index (χ0) is 22.4. The van der Waals surface area contributed by atoms with Gasteiger partial charge in [0, 0.05) is 21.0 Å². The summed E-state index contributed by atoms with van der Waals surface area (Å²) in [4.78, 5) is 27.1. The predicted molar refractivity (Wildman–Crippen MR) is 128 cm³/mol. The van der Waals surface area contributed by atoms with Crippen LogP contribution in [0.3, 0.4) is 0 Å². The number of fused-ring (bicyclic) bond motifs is 3. The van der Waals surface area contributed by atoms with Gasteiger partial charge < -0.3 is 9.52 Å². The monoisotopic (exact) mass is 461 g/mol. The van der Waals surface area contributed by atoms with Crippen LogP contribution in [0.2, 0.25) is 5.02 Å². The van der Waals surface area contributed by atoms with Gasteiger partial charge in [0.2, 0.25) is 0 Å². The number of hydrogen-bond acceptors (Lipinski definition) is 5. The molecule has 0 fully saturated rings. The molecule has 0 saturated carbocycles. The van der Waals surface area contributed by atoms with Crippen molar-refractivity contribution < 1.29 is 9.52 Å². The second-order valence-corrected chi connectivity index (χ2v) is 8.84. The van der Waals surface area contributed by atoms with Crippen LogP contribution in [-0.4, -0.2) is 9.67 Å². The van der Waals surface area contributed by atoms with E-state index >= 15 is 0 Å². The first-order chi connectivity index (χ1) is 15.4. The molecule has 2 heterocycles. The van der Waals surface area contributed by atoms with Crippen molar-refractivity contribution >= 4 is 45.2 Å². The van der Waals surface area contributed by atoms with E-state index in [1.165, 1.54) is 4.57 Å². The van der Waals surface area contributed by atoms with E-state index in [9.17, 15) is 14.7 Å². The molecule has 0 saturated heterocycles. The first-order valence-electron chi connectivity index (χ1n) is 9.78. The molecule has 0 aliphatic rings. The molecular formula is C25H16ClNO4S. The van der Waals surface area contributed by atoms with Crippen LogP contribution < -0.4 is 11.2 Å². The number of aromatic nitrogens is 1. The van der Waals surface area contributed by atoms with E-state index in [2.05, 4.69) is 0 Å². The molecule has 0 atom stereocenters. The Morgan fingerprint density at radius 3 is 2.41 bits per heavy atom. The molecule has 0 aliphatic heterocycles. The van der Waals surface area contributed by atoms with Crippen molar-refractivity contribution in [3.63, 3.8) is 0 Å². The summed E-state index contributed by atoms with van der Waals surface area (Å²) in [6.07, 6.45) is 0. The second-order valence-electron chi connectivity index (χ2n) is 7.32. The van der Waals surface area contributed by atoms with Gasteiger partial charge in [-0.3, -0.25) is 9.36 Å². The van der Waals surface area contributed by atoms with E-state index in [1.807, 2.05) is 49.4 Å². The van der Waals surface area contributed by atoms with Crippen molar-refractivity contribution in [1.82, 2.24) is 4.57 Å². The summed E-state index contributed by atoms with van der Waals surface area (Å²) in [6.45, 7) is 1.92. The number of aryl methyl sites for hydroxylation is 1. The third-order valence-electron chi connectivity index (χ3n) is 5.16. The Morgan fingerprint density at radius 1 is 0.969 bits per heavy atom. The highest BCUT2D eigenvalue weighted by molar-refractivity contribution is 7.99. The van der Waals surface area contributed by atoms with E-state index < -0.39 is 16.9 Å². The zero-order valence-electron chi connectivity index (χ0n) is 16.8. The van der Waals surface area contributed by atoms with Gasteiger partial charge in [0.05, 0.1) is 5.52 Å². The lowest BCUT2D eigenvalue weighted by molar-refractivity contribution is 0.447. The lowest BCUT2D eigenvalue weighted by atomic mass is 10.1. The lowest BCUT2D eigenvalue weighted by Gasteiger charge is -2.14. The standard InChI is InChI=1S/C25H16ClNO4S/c1-14-7-12-18-19(13-14)27(16-5-3-2-4-6-16)24(29)20-21(28)23(25(30)31-22(18)20)32-17-10-8-15(26)9-11-17/h2-13,28H,1H3. The fraction of sp³-hybridized carbons (Fsp3) is 0.0400. The van der Waals surface area contributed by atoms with Gasteiger partial charge in [0.25, 0.3) is 5.56 Å². The summed E-state index contributed by atoms with van der Waals surface area (Å²) < 4.78 is 7.15. The molecule has 0 spiro atoms. The highest BCUT2D eigenvalue weighted by atomic mass is 35.5. The number of aromatic hydroxyl groups is 1. The van der Waals surface area contributed by atoms with Gasteiger partial charge >= 0.3 is 5.63 Å². The Labute approximate surface area is 191 Å². The summed E-state index contributed by atoms with van der Waals surface area (Å²) in [5.74, 6) is -0.395.